The molecule has 72 valence electrons. The highest BCUT2D eigenvalue weighted by Crippen LogP contribution is 2.26. The van der Waals surface area contributed by atoms with Crippen LogP contribution in [0.3, 0.4) is 0 Å². The molecule has 1 aromatic heterocycles. The number of rotatable bonds is 2. The molecule has 0 fully saturated rings. The topological polar surface area (TPSA) is 33.1 Å². The molecule has 0 saturated carbocycles. The maximum absolute atomic E-state index is 12.7. The lowest BCUT2D eigenvalue weighted by Gasteiger charge is -2.04. The third kappa shape index (κ3) is 2.03. The van der Waals surface area contributed by atoms with Gasteiger partial charge in [0.2, 0.25) is 0 Å². The van der Waals surface area contributed by atoms with Crippen LogP contribution in [-0.4, -0.2) is 10.1 Å². The Labute approximate surface area is 77.0 Å². The van der Waals surface area contributed by atoms with Crippen LogP contribution in [-0.2, 0) is 5.88 Å². The molecule has 0 spiro atoms. The number of aromatic hydroxyl groups is 1. The molecule has 0 aliphatic rings. The molecule has 13 heavy (non-hydrogen) atoms. The van der Waals surface area contributed by atoms with Gasteiger partial charge < -0.3 is 5.11 Å². The van der Waals surface area contributed by atoms with E-state index >= 15 is 0 Å². The van der Waals surface area contributed by atoms with Crippen molar-refractivity contribution in [1.82, 2.24) is 4.98 Å². The second-order valence-corrected chi connectivity index (χ2v) is 2.53. The highest BCUT2D eigenvalue weighted by Gasteiger charge is 2.16. The van der Waals surface area contributed by atoms with Crippen molar-refractivity contribution in [2.45, 2.75) is 12.3 Å². The van der Waals surface area contributed by atoms with Gasteiger partial charge in [-0.1, -0.05) is 0 Å². The Hall–Kier alpha value is -0.970. The molecule has 1 aromatic rings. The van der Waals surface area contributed by atoms with Crippen LogP contribution < -0.4 is 0 Å². The van der Waals surface area contributed by atoms with E-state index in [2.05, 4.69) is 4.98 Å². The number of halogens is 4. The maximum atomic E-state index is 12.7. The summed E-state index contributed by atoms with van der Waals surface area (Å²) in [4.78, 5) is 3.28. The van der Waals surface area contributed by atoms with Crippen LogP contribution in [0.25, 0.3) is 0 Å². The third-order valence-electron chi connectivity index (χ3n) is 1.39. The summed E-state index contributed by atoms with van der Waals surface area (Å²) in [5, 5.41) is 8.94. The summed E-state index contributed by atoms with van der Waals surface area (Å²) >= 11 is 5.25. The van der Waals surface area contributed by atoms with E-state index < -0.39 is 23.7 Å². The van der Waals surface area contributed by atoms with Gasteiger partial charge in [-0.05, 0) is 0 Å². The van der Waals surface area contributed by atoms with Crippen molar-refractivity contribution in [1.29, 1.82) is 0 Å². The Morgan fingerprint density at radius 3 is 2.62 bits per heavy atom. The van der Waals surface area contributed by atoms with Gasteiger partial charge in [0.05, 0.1) is 5.88 Å². The van der Waals surface area contributed by atoms with Crippen molar-refractivity contribution >= 4 is 11.6 Å². The Kier molecular flexibility index (Phi) is 2.98. The number of nitrogens with zero attached hydrogens (tertiary/aromatic N) is 1. The van der Waals surface area contributed by atoms with Crippen molar-refractivity contribution in [3.8, 4) is 5.75 Å². The average molecular weight is 212 g/mol. The smallest absolute Gasteiger partial charge is 0.280 e. The Bertz CT molecular complexity index is 319. The van der Waals surface area contributed by atoms with Gasteiger partial charge in [0.15, 0.2) is 11.6 Å². The molecule has 0 aromatic carbocycles. The summed E-state index contributed by atoms with van der Waals surface area (Å²) < 4.78 is 36.8. The standard InChI is InChI=1S/C7H5ClF3NO/c8-2-5-6(13)3(9)1-4(12-5)7(10)11/h1,7,13H,2H2. The Balaban J connectivity index is 3.22. The second kappa shape index (κ2) is 3.83. The molecule has 0 aliphatic heterocycles. The lowest BCUT2D eigenvalue weighted by Crippen LogP contribution is -1.97. The van der Waals surface area contributed by atoms with E-state index in [-0.39, 0.29) is 11.6 Å². The maximum Gasteiger partial charge on any atom is 0.280 e. The van der Waals surface area contributed by atoms with Gasteiger partial charge in [-0.25, -0.2) is 18.2 Å². The second-order valence-electron chi connectivity index (χ2n) is 2.26. The monoisotopic (exact) mass is 211 g/mol. The van der Waals surface area contributed by atoms with Crippen molar-refractivity contribution in [2.75, 3.05) is 0 Å². The van der Waals surface area contributed by atoms with Gasteiger partial charge in [0.1, 0.15) is 11.4 Å². The van der Waals surface area contributed by atoms with Crippen LogP contribution in [0.15, 0.2) is 6.07 Å². The fourth-order valence-electron chi connectivity index (χ4n) is 0.782. The molecular weight excluding hydrogens is 207 g/mol. The molecule has 1 N–H and O–H groups in total. The van der Waals surface area contributed by atoms with Crippen LogP contribution in [0.2, 0.25) is 0 Å². The number of hydrogen-bond donors (Lipinski definition) is 1. The predicted octanol–water partition coefficient (Wildman–Crippen LogP) is 2.60. The molecule has 0 aliphatic carbocycles. The molecule has 1 heterocycles. The highest BCUT2D eigenvalue weighted by molar-refractivity contribution is 6.17. The van der Waals surface area contributed by atoms with Gasteiger partial charge in [0, 0.05) is 6.07 Å². The van der Waals surface area contributed by atoms with E-state index in [1.807, 2.05) is 0 Å². The number of hydrogen-bond acceptors (Lipinski definition) is 2. The fourth-order valence-corrected chi connectivity index (χ4v) is 0.968. The number of alkyl halides is 3. The van der Waals surface area contributed by atoms with E-state index in [1.54, 1.807) is 0 Å². The molecule has 0 bridgehead atoms. The highest BCUT2D eigenvalue weighted by atomic mass is 35.5. The molecule has 6 heteroatoms. The van der Waals surface area contributed by atoms with Gasteiger partial charge in [-0.2, -0.15) is 0 Å². The van der Waals surface area contributed by atoms with Gasteiger partial charge in [-0.15, -0.1) is 11.6 Å². The summed E-state index contributed by atoms with van der Waals surface area (Å²) in [5.74, 6) is -2.23. The van der Waals surface area contributed by atoms with Crippen LogP contribution in [0.1, 0.15) is 17.8 Å². The quantitative estimate of drug-likeness (QED) is 0.763. The minimum atomic E-state index is -2.88. The first-order valence-electron chi connectivity index (χ1n) is 3.28. The van der Waals surface area contributed by atoms with Crippen molar-refractivity contribution < 1.29 is 18.3 Å². The van der Waals surface area contributed by atoms with Crippen LogP contribution >= 0.6 is 11.6 Å². The van der Waals surface area contributed by atoms with E-state index in [0.717, 1.165) is 0 Å². The molecule has 0 unspecified atom stereocenters. The zero-order chi connectivity index (χ0) is 10.0. The average Bonchev–Trinajstić information content (AvgIpc) is 2.09. The van der Waals surface area contributed by atoms with Gasteiger partial charge >= 0.3 is 0 Å². The molecule has 0 amide bonds. The van der Waals surface area contributed by atoms with Crippen LogP contribution in [0.4, 0.5) is 13.2 Å². The molecular formula is C7H5ClF3NO. The lowest BCUT2D eigenvalue weighted by molar-refractivity contribution is 0.145. The molecule has 1 rings (SSSR count). The van der Waals surface area contributed by atoms with Gasteiger partial charge in [-0.3, -0.25) is 0 Å². The van der Waals surface area contributed by atoms with E-state index in [9.17, 15) is 13.2 Å². The zero-order valence-electron chi connectivity index (χ0n) is 6.27. The Morgan fingerprint density at radius 1 is 1.54 bits per heavy atom. The van der Waals surface area contributed by atoms with E-state index in [4.69, 9.17) is 16.7 Å². The number of pyridine rings is 1. The van der Waals surface area contributed by atoms with Crippen molar-refractivity contribution in [2.24, 2.45) is 0 Å². The minimum absolute atomic E-state index is 0.281. The third-order valence-corrected chi connectivity index (χ3v) is 1.64. The summed E-state index contributed by atoms with van der Waals surface area (Å²) in [5.41, 5.74) is -1.01. The summed E-state index contributed by atoms with van der Waals surface area (Å²) in [7, 11) is 0. The molecule has 2 nitrogen and oxygen atoms in total. The summed E-state index contributed by atoms with van der Waals surface area (Å²) in [6, 6.07) is 0.482. The predicted molar refractivity (Wildman–Crippen MR) is 40.4 cm³/mol. The van der Waals surface area contributed by atoms with Crippen LogP contribution in [0, 0.1) is 5.82 Å². The fraction of sp³-hybridized carbons (Fsp3) is 0.286. The molecule has 0 radical (unpaired) electrons. The first-order valence-corrected chi connectivity index (χ1v) is 3.82. The first kappa shape index (κ1) is 10.1. The van der Waals surface area contributed by atoms with E-state index in [1.165, 1.54) is 0 Å². The summed E-state index contributed by atoms with van der Waals surface area (Å²) in [6.07, 6.45) is -2.88. The van der Waals surface area contributed by atoms with Crippen molar-refractivity contribution in [3.05, 3.63) is 23.3 Å². The molecule has 0 saturated heterocycles. The van der Waals surface area contributed by atoms with Crippen molar-refractivity contribution in [3.63, 3.8) is 0 Å². The number of aromatic nitrogens is 1. The minimum Gasteiger partial charge on any atom is -0.504 e. The Morgan fingerprint density at radius 2 is 2.15 bits per heavy atom. The lowest BCUT2D eigenvalue weighted by atomic mass is 10.3. The largest absolute Gasteiger partial charge is 0.504 e. The van der Waals surface area contributed by atoms with Gasteiger partial charge in [0.25, 0.3) is 6.43 Å². The molecule has 0 atom stereocenters. The SMILES string of the molecule is Oc1c(F)cc(C(F)F)nc1CCl. The van der Waals surface area contributed by atoms with E-state index in [0.29, 0.717) is 6.07 Å². The first-order chi connectivity index (χ1) is 6.06. The zero-order valence-corrected chi connectivity index (χ0v) is 7.02. The normalized spacial score (nSPS) is 10.8. The summed E-state index contributed by atoms with van der Waals surface area (Å²) in [6.45, 7) is 0. The van der Waals surface area contributed by atoms with Crippen LogP contribution in [0.5, 0.6) is 5.75 Å².